The number of carbonyl (C=O) groups is 1. The molecule has 0 bridgehead atoms. The van der Waals surface area contributed by atoms with Crippen LogP contribution in [-0.2, 0) is 0 Å². The lowest BCUT2D eigenvalue weighted by molar-refractivity contribution is 0.112. The molecule has 2 heterocycles. The molecule has 0 radical (unpaired) electrons. The molecule has 0 N–H and O–H groups in total. The Labute approximate surface area is 142 Å². The molecule has 1 saturated heterocycles. The Bertz CT molecular complexity index is 640. The summed E-state index contributed by atoms with van der Waals surface area (Å²) < 4.78 is 5.74. The summed E-state index contributed by atoms with van der Waals surface area (Å²) in [5.74, 6) is 2.51. The van der Waals surface area contributed by atoms with Gasteiger partial charge in [0.15, 0.2) is 5.82 Å². The maximum Gasteiger partial charge on any atom is 0.151 e. The quantitative estimate of drug-likeness (QED) is 0.577. The van der Waals surface area contributed by atoms with Crippen molar-refractivity contribution >= 4 is 12.1 Å². The molecule has 0 amide bonds. The molecule has 5 heteroatoms. The van der Waals surface area contributed by atoms with Crippen molar-refractivity contribution in [3.8, 4) is 5.75 Å². The maximum absolute atomic E-state index is 10.8. The number of piperidine rings is 1. The molecule has 3 rings (SSSR count). The highest BCUT2D eigenvalue weighted by molar-refractivity contribution is 5.75. The monoisotopic (exact) mass is 325 g/mol. The summed E-state index contributed by atoms with van der Waals surface area (Å²) in [6.45, 7) is 2.80. The maximum atomic E-state index is 10.8. The fourth-order valence-corrected chi connectivity index (χ4v) is 3.15. The predicted molar refractivity (Wildman–Crippen MR) is 93.5 cm³/mol. The van der Waals surface area contributed by atoms with Crippen LogP contribution in [0.1, 0.15) is 36.0 Å². The van der Waals surface area contributed by atoms with Crippen LogP contribution in [0.25, 0.3) is 0 Å². The van der Waals surface area contributed by atoms with E-state index in [1.54, 1.807) is 18.3 Å². The molecule has 0 unspecified atom stereocenters. The topological polar surface area (TPSA) is 55.3 Å². The van der Waals surface area contributed by atoms with Gasteiger partial charge in [-0.05, 0) is 55.9 Å². The van der Waals surface area contributed by atoms with E-state index in [9.17, 15) is 4.79 Å². The van der Waals surface area contributed by atoms with Crippen molar-refractivity contribution in [3.05, 3.63) is 48.2 Å². The third-order valence-electron chi connectivity index (χ3n) is 4.52. The second kappa shape index (κ2) is 8.43. The molecule has 0 spiro atoms. The largest absolute Gasteiger partial charge is 0.494 e. The molecule has 1 aromatic carbocycles. The zero-order valence-electron chi connectivity index (χ0n) is 13.8. The molecule has 1 aliphatic rings. The lowest BCUT2D eigenvalue weighted by Gasteiger charge is -2.32. The second-order valence-corrected chi connectivity index (χ2v) is 6.19. The van der Waals surface area contributed by atoms with Crippen LogP contribution in [0.4, 0.5) is 5.82 Å². The molecular weight excluding hydrogens is 302 g/mol. The molecular formula is C19H23N3O2. The van der Waals surface area contributed by atoms with Crippen LogP contribution in [0.15, 0.2) is 42.6 Å². The van der Waals surface area contributed by atoms with E-state index in [-0.39, 0.29) is 0 Å². The molecule has 0 saturated carbocycles. The van der Waals surface area contributed by atoms with E-state index in [0.29, 0.717) is 12.2 Å². The van der Waals surface area contributed by atoms with Crippen molar-refractivity contribution in [2.24, 2.45) is 5.92 Å². The van der Waals surface area contributed by atoms with Gasteiger partial charge in [0.25, 0.3) is 0 Å². The van der Waals surface area contributed by atoms with E-state index in [1.165, 1.54) is 19.3 Å². The Morgan fingerprint density at radius 1 is 1.21 bits per heavy atom. The number of benzene rings is 1. The fraction of sp³-hybridized carbons (Fsp3) is 0.421. The van der Waals surface area contributed by atoms with Gasteiger partial charge in [-0.2, -0.15) is 5.10 Å². The van der Waals surface area contributed by atoms with E-state index in [1.807, 2.05) is 24.3 Å². The number of aromatic nitrogens is 2. The number of rotatable bonds is 7. The number of nitrogens with zero attached hydrogens (tertiary/aromatic N) is 3. The standard InChI is InChI=1S/C19H23N3O2/c23-15-17-4-1-6-18(14-17)24-13-3-5-16-8-11-22(12-9-16)19-7-2-10-20-21-19/h1-2,4,6-7,10,14-16H,3,5,8-9,11-13H2. The molecule has 24 heavy (non-hydrogen) atoms. The highest BCUT2D eigenvalue weighted by atomic mass is 16.5. The lowest BCUT2D eigenvalue weighted by atomic mass is 9.92. The molecule has 0 atom stereocenters. The van der Waals surface area contributed by atoms with Gasteiger partial charge in [0, 0.05) is 24.8 Å². The van der Waals surface area contributed by atoms with Crippen LogP contribution < -0.4 is 9.64 Å². The van der Waals surface area contributed by atoms with E-state index in [2.05, 4.69) is 15.1 Å². The van der Waals surface area contributed by atoms with Crippen molar-refractivity contribution in [3.63, 3.8) is 0 Å². The van der Waals surface area contributed by atoms with Gasteiger partial charge in [-0.3, -0.25) is 4.79 Å². The first-order valence-electron chi connectivity index (χ1n) is 8.56. The first-order chi connectivity index (χ1) is 11.8. The third kappa shape index (κ3) is 4.54. The number of carbonyl (C=O) groups excluding carboxylic acids is 1. The minimum atomic E-state index is 0.656. The van der Waals surface area contributed by atoms with Gasteiger partial charge < -0.3 is 9.64 Å². The summed E-state index contributed by atoms with van der Waals surface area (Å²) >= 11 is 0. The fourth-order valence-electron chi connectivity index (χ4n) is 3.15. The zero-order valence-corrected chi connectivity index (χ0v) is 13.8. The van der Waals surface area contributed by atoms with Gasteiger partial charge in [0.05, 0.1) is 6.61 Å². The highest BCUT2D eigenvalue weighted by Gasteiger charge is 2.19. The molecule has 5 nitrogen and oxygen atoms in total. The summed E-state index contributed by atoms with van der Waals surface area (Å²) in [5.41, 5.74) is 0.656. The van der Waals surface area contributed by atoms with Gasteiger partial charge in [-0.15, -0.1) is 5.10 Å². The lowest BCUT2D eigenvalue weighted by Crippen LogP contribution is -2.34. The normalized spacial score (nSPS) is 15.2. The Morgan fingerprint density at radius 3 is 2.83 bits per heavy atom. The summed E-state index contributed by atoms with van der Waals surface area (Å²) in [6, 6.07) is 11.3. The van der Waals surface area contributed by atoms with Crippen molar-refractivity contribution < 1.29 is 9.53 Å². The minimum absolute atomic E-state index is 0.656. The molecule has 1 aliphatic heterocycles. The van der Waals surface area contributed by atoms with E-state index in [4.69, 9.17) is 4.74 Å². The van der Waals surface area contributed by atoms with Gasteiger partial charge in [-0.1, -0.05) is 12.1 Å². The summed E-state index contributed by atoms with van der Waals surface area (Å²) in [7, 11) is 0. The highest BCUT2D eigenvalue weighted by Crippen LogP contribution is 2.24. The average Bonchev–Trinajstić information content (AvgIpc) is 2.67. The molecule has 1 fully saturated rings. The average molecular weight is 325 g/mol. The van der Waals surface area contributed by atoms with Crippen molar-refractivity contribution in [1.29, 1.82) is 0 Å². The third-order valence-corrected chi connectivity index (χ3v) is 4.52. The van der Waals surface area contributed by atoms with Crippen LogP contribution in [-0.4, -0.2) is 36.2 Å². The molecule has 0 aliphatic carbocycles. The van der Waals surface area contributed by atoms with E-state index >= 15 is 0 Å². The Morgan fingerprint density at radius 2 is 2.08 bits per heavy atom. The Hall–Kier alpha value is -2.43. The number of aldehydes is 1. The number of ether oxygens (including phenoxy) is 1. The minimum Gasteiger partial charge on any atom is -0.494 e. The first kappa shape index (κ1) is 16.4. The molecule has 1 aromatic heterocycles. The predicted octanol–water partition coefficient (Wildman–Crippen LogP) is 3.36. The summed E-state index contributed by atoms with van der Waals surface area (Å²) in [6.07, 6.45) is 7.16. The van der Waals surface area contributed by atoms with Gasteiger partial charge in [0.2, 0.25) is 0 Å². The zero-order chi connectivity index (χ0) is 16.6. The number of anilines is 1. The number of hydrogen-bond donors (Lipinski definition) is 0. The van der Waals surface area contributed by atoms with Crippen molar-refractivity contribution in [1.82, 2.24) is 10.2 Å². The second-order valence-electron chi connectivity index (χ2n) is 6.19. The van der Waals surface area contributed by atoms with Gasteiger partial charge in [0.1, 0.15) is 12.0 Å². The van der Waals surface area contributed by atoms with Crippen LogP contribution in [0.3, 0.4) is 0 Å². The van der Waals surface area contributed by atoms with E-state index in [0.717, 1.165) is 43.3 Å². The SMILES string of the molecule is O=Cc1cccc(OCCCC2CCN(c3cccnn3)CC2)c1. The Balaban J connectivity index is 1.35. The smallest absolute Gasteiger partial charge is 0.151 e. The van der Waals surface area contributed by atoms with Gasteiger partial charge in [-0.25, -0.2) is 0 Å². The van der Waals surface area contributed by atoms with Crippen LogP contribution in [0.5, 0.6) is 5.75 Å². The van der Waals surface area contributed by atoms with Crippen molar-refractivity contribution in [2.75, 3.05) is 24.6 Å². The number of hydrogen-bond acceptors (Lipinski definition) is 5. The van der Waals surface area contributed by atoms with Crippen LogP contribution >= 0.6 is 0 Å². The van der Waals surface area contributed by atoms with Gasteiger partial charge >= 0.3 is 0 Å². The van der Waals surface area contributed by atoms with Crippen LogP contribution in [0, 0.1) is 5.92 Å². The van der Waals surface area contributed by atoms with E-state index < -0.39 is 0 Å². The summed E-state index contributed by atoms with van der Waals surface area (Å²) in [5, 5.41) is 8.13. The summed E-state index contributed by atoms with van der Waals surface area (Å²) in [4.78, 5) is 13.1. The van der Waals surface area contributed by atoms with Crippen LogP contribution in [0.2, 0.25) is 0 Å². The molecule has 2 aromatic rings. The molecule has 126 valence electrons. The first-order valence-corrected chi connectivity index (χ1v) is 8.56. The van der Waals surface area contributed by atoms with Crippen molar-refractivity contribution in [2.45, 2.75) is 25.7 Å². The Kier molecular flexibility index (Phi) is 5.77.